The maximum Gasteiger partial charge on any atom is 0.333 e. The summed E-state index contributed by atoms with van der Waals surface area (Å²) in [5.74, 6) is -1.20. The lowest BCUT2D eigenvalue weighted by atomic mass is 9.67. The van der Waals surface area contributed by atoms with E-state index in [9.17, 15) is 19.2 Å². The van der Waals surface area contributed by atoms with Crippen LogP contribution in [-0.4, -0.2) is 87.9 Å². The summed E-state index contributed by atoms with van der Waals surface area (Å²) in [5, 5.41) is 0. The van der Waals surface area contributed by atoms with Crippen molar-refractivity contribution in [3.8, 4) is 44.9 Å². The number of carbonyl (C=O) groups excluding carboxylic acids is 4. The van der Waals surface area contributed by atoms with Crippen LogP contribution in [0.5, 0.6) is 11.5 Å². The van der Waals surface area contributed by atoms with Crippen molar-refractivity contribution in [3.05, 3.63) is 216 Å². The smallest absolute Gasteiger partial charge is 0.333 e. The van der Waals surface area contributed by atoms with Crippen LogP contribution >= 0.6 is 0 Å². The molecule has 4 atom stereocenters. The van der Waals surface area contributed by atoms with Crippen LogP contribution in [0.3, 0.4) is 0 Å². The zero-order chi connectivity index (χ0) is 55.2. The molecule has 0 radical (unpaired) electrons. The van der Waals surface area contributed by atoms with Crippen molar-refractivity contribution in [2.75, 3.05) is 39.6 Å². The molecule has 0 amide bonds. The SMILES string of the molecule is C=C(C)C(=O)OCC(COC(C)COc1ccc(C2(c3ccc(OCC(C)OCC(COC(=O)C(=C)C)OC(=O)C(=C)C)c(-c4ccccc4)c3)c3ccccc3-c3ccccc32)cc1-c1ccccc1)OC(=O)C(=C)C. The van der Waals surface area contributed by atoms with E-state index in [1.165, 1.54) is 27.7 Å². The molecule has 7 rings (SSSR count). The number of hydrogen-bond acceptors (Lipinski definition) is 12. The van der Waals surface area contributed by atoms with Gasteiger partial charge in [0.15, 0.2) is 12.2 Å². The number of hydrogen-bond donors (Lipinski definition) is 0. The van der Waals surface area contributed by atoms with Crippen LogP contribution in [0.25, 0.3) is 33.4 Å². The highest BCUT2D eigenvalue weighted by Crippen LogP contribution is 2.57. The van der Waals surface area contributed by atoms with Gasteiger partial charge in [0.1, 0.15) is 37.9 Å². The molecule has 12 heteroatoms. The third-order valence-corrected chi connectivity index (χ3v) is 12.8. The van der Waals surface area contributed by atoms with Gasteiger partial charge < -0.3 is 37.9 Å². The average molecular weight is 1040 g/mol. The predicted molar refractivity (Wildman–Crippen MR) is 297 cm³/mol. The first-order chi connectivity index (χ1) is 37.0. The highest BCUT2D eigenvalue weighted by Gasteiger charge is 2.46. The van der Waals surface area contributed by atoms with Crippen LogP contribution in [0.4, 0.5) is 0 Å². The van der Waals surface area contributed by atoms with E-state index in [1.54, 1.807) is 0 Å². The van der Waals surface area contributed by atoms with Gasteiger partial charge in [0, 0.05) is 33.4 Å². The number of fused-ring (bicyclic) bond motifs is 3. The highest BCUT2D eigenvalue weighted by molar-refractivity contribution is 5.90. The maximum atomic E-state index is 12.5. The fourth-order valence-electron chi connectivity index (χ4n) is 8.86. The topological polar surface area (TPSA) is 142 Å². The van der Waals surface area contributed by atoms with Gasteiger partial charge in [-0.25, -0.2) is 19.2 Å². The number of carbonyl (C=O) groups is 4. The molecule has 0 bridgehead atoms. The van der Waals surface area contributed by atoms with Crippen LogP contribution in [0.2, 0.25) is 0 Å². The molecule has 1 aliphatic carbocycles. The van der Waals surface area contributed by atoms with Gasteiger partial charge in [-0.15, -0.1) is 0 Å². The second kappa shape index (κ2) is 26.0. The van der Waals surface area contributed by atoms with Crippen molar-refractivity contribution in [1.29, 1.82) is 0 Å². The Kier molecular flexibility index (Phi) is 19.0. The van der Waals surface area contributed by atoms with E-state index in [2.05, 4.69) is 123 Å². The highest BCUT2D eigenvalue weighted by atomic mass is 16.6. The third kappa shape index (κ3) is 13.8. The van der Waals surface area contributed by atoms with Crippen molar-refractivity contribution in [2.45, 2.75) is 71.4 Å². The normalized spacial score (nSPS) is 13.5. The Morgan fingerprint density at radius 2 is 0.766 bits per heavy atom. The minimum atomic E-state index is -0.893. The summed E-state index contributed by atoms with van der Waals surface area (Å²) in [6, 6.07) is 49.9. The molecule has 6 aromatic rings. The van der Waals surface area contributed by atoms with Gasteiger partial charge >= 0.3 is 23.9 Å². The molecule has 1 aliphatic rings. The summed E-state index contributed by atoms with van der Waals surface area (Å²) in [4.78, 5) is 49.4. The van der Waals surface area contributed by atoms with E-state index in [0.29, 0.717) is 11.5 Å². The molecule has 4 unspecified atom stereocenters. The number of esters is 4. The van der Waals surface area contributed by atoms with Gasteiger partial charge in [-0.3, -0.25) is 0 Å². The number of ether oxygens (including phenoxy) is 8. The first-order valence-corrected chi connectivity index (χ1v) is 25.4. The first-order valence-electron chi connectivity index (χ1n) is 25.4. The molecule has 0 heterocycles. The molecule has 0 N–H and O–H groups in total. The standard InChI is InChI=1S/C65H66O12/c1-41(2)61(66)74-39-51(76-63(68)43(5)6)37-70-45(9)35-72-59-31-29-49(33-55(59)47-21-13-11-14-22-47)65(57-27-19-17-25-53(57)54-26-18-20-28-58(54)65)50-30-32-60(56(34-50)48-23-15-12-16-24-48)73-36-46(10)71-38-52(77-64(69)44(7)8)40-75-62(67)42(3)4/h11-34,45-46,51-52H,1,3,5,7,35-40H2,2,4,6,8-10H3. The lowest BCUT2D eigenvalue weighted by molar-refractivity contribution is -0.159. The van der Waals surface area contributed by atoms with Crippen LogP contribution < -0.4 is 9.47 Å². The van der Waals surface area contributed by atoms with E-state index in [-0.39, 0.29) is 61.9 Å². The van der Waals surface area contributed by atoms with Crippen molar-refractivity contribution < 1.29 is 57.1 Å². The molecule has 77 heavy (non-hydrogen) atoms. The van der Waals surface area contributed by atoms with Gasteiger partial charge in [0.2, 0.25) is 0 Å². The van der Waals surface area contributed by atoms with E-state index in [1.807, 2.05) is 62.4 Å². The Labute approximate surface area is 451 Å². The molecule has 0 saturated carbocycles. The summed E-state index contributed by atoms with van der Waals surface area (Å²) in [6.07, 6.45) is -2.74. The summed E-state index contributed by atoms with van der Waals surface area (Å²) in [5.41, 5.74) is 10.1. The van der Waals surface area contributed by atoms with Gasteiger partial charge in [-0.2, -0.15) is 0 Å². The monoisotopic (exact) mass is 1040 g/mol. The zero-order valence-corrected chi connectivity index (χ0v) is 44.6. The molecule has 0 saturated heterocycles. The van der Waals surface area contributed by atoms with E-state index in [4.69, 9.17) is 37.9 Å². The van der Waals surface area contributed by atoms with Crippen molar-refractivity contribution in [3.63, 3.8) is 0 Å². The fourth-order valence-corrected chi connectivity index (χ4v) is 8.86. The molecule has 0 aliphatic heterocycles. The molecule has 0 spiro atoms. The molecule has 398 valence electrons. The summed E-state index contributed by atoms with van der Waals surface area (Å²) in [6.45, 7) is 24.2. The molecule has 6 aromatic carbocycles. The lowest BCUT2D eigenvalue weighted by Crippen LogP contribution is -2.32. The fraction of sp³-hybridized carbons (Fsp3) is 0.262. The zero-order valence-electron chi connectivity index (χ0n) is 44.6. The molecule has 0 aromatic heterocycles. The van der Waals surface area contributed by atoms with Gasteiger partial charge in [0.05, 0.1) is 30.8 Å². The maximum absolute atomic E-state index is 12.5. The van der Waals surface area contributed by atoms with Gasteiger partial charge in [-0.05, 0) is 110 Å². The average Bonchev–Trinajstić information content (AvgIpc) is 3.97. The number of rotatable bonds is 26. The first kappa shape index (κ1) is 56.4. The minimum Gasteiger partial charge on any atom is -0.490 e. The number of benzene rings is 6. The second-order valence-corrected chi connectivity index (χ2v) is 19.3. The van der Waals surface area contributed by atoms with Gasteiger partial charge in [-0.1, -0.05) is 148 Å². The predicted octanol–water partition coefficient (Wildman–Crippen LogP) is 12.2. The Bertz CT molecular complexity index is 2930. The quantitative estimate of drug-likeness (QED) is 0.0289. The van der Waals surface area contributed by atoms with Crippen LogP contribution in [-0.2, 0) is 53.0 Å². The Hall–Kier alpha value is -8.32. The van der Waals surface area contributed by atoms with Crippen molar-refractivity contribution in [2.24, 2.45) is 0 Å². The van der Waals surface area contributed by atoms with E-state index < -0.39 is 53.7 Å². The Morgan fingerprint density at radius 3 is 1.13 bits per heavy atom. The van der Waals surface area contributed by atoms with Crippen molar-refractivity contribution in [1.82, 2.24) is 0 Å². The van der Waals surface area contributed by atoms with Crippen molar-refractivity contribution >= 4 is 23.9 Å². The van der Waals surface area contributed by atoms with E-state index >= 15 is 0 Å². The minimum absolute atomic E-state index is 0.0635. The molecular weight excluding hydrogens is 973 g/mol. The summed E-state index contributed by atoms with van der Waals surface area (Å²) < 4.78 is 47.3. The molecule has 0 fully saturated rings. The summed E-state index contributed by atoms with van der Waals surface area (Å²) in [7, 11) is 0. The lowest BCUT2D eigenvalue weighted by Gasteiger charge is -2.35. The molecular formula is C65H66O12. The van der Waals surface area contributed by atoms with Gasteiger partial charge in [0.25, 0.3) is 0 Å². The van der Waals surface area contributed by atoms with Crippen LogP contribution in [0.15, 0.2) is 194 Å². The van der Waals surface area contributed by atoms with Crippen LogP contribution in [0, 0.1) is 0 Å². The van der Waals surface area contributed by atoms with Crippen LogP contribution in [0.1, 0.15) is 63.8 Å². The second-order valence-electron chi connectivity index (χ2n) is 19.3. The largest absolute Gasteiger partial charge is 0.490 e. The molecule has 12 nitrogen and oxygen atoms in total. The van der Waals surface area contributed by atoms with E-state index in [0.717, 1.165) is 55.6 Å². The third-order valence-electron chi connectivity index (χ3n) is 12.8. The Morgan fingerprint density at radius 1 is 0.416 bits per heavy atom. The summed E-state index contributed by atoms with van der Waals surface area (Å²) >= 11 is 0. The Balaban J connectivity index is 1.23.